The first-order valence-electron chi connectivity index (χ1n) is 13.1. The van der Waals surface area contributed by atoms with Crippen molar-refractivity contribution in [1.82, 2.24) is 4.90 Å². The fourth-order valence-electron chi connectivity index (χ4n) is 3.83. The van der Waals surface area contributed by atoms with E-state index in [9.17, 15) is 24.0 Å². The number of thioether (sulfide) groups is 1. The van der Waals surface area contributed by atoms with Gasteiger partial charge in [0.05, 0.1) is 34.3 Å². The molecule has 1 N–H and O–H groups in total. The van der Waals surface area contributed by atoms with E-state index in [1.807, 2.05) is 6.92 Å². The van der Waals surface area contributed by atoms with Gasteiger partial charge in [-0.05, 0) is 67.6 Å². The SMILES string of the molecule is CCCCOC(=O)c1ccc(-c2ccc(/C=C3/SC(=O)N(CC(=O)Nc4ccc(Cl)c(C(=O)OCC)c4)C3=O)o2)cc1. The third-order valence-corrected chi connectivity index (χ3v) is 7.19. The first kappa shape index (κ1) is 30.6. The normalized spacial score (nSPS) is 13.9. The highest BCUT2D eigenvalue weighted by Crippen LogP contribution is 2.33. The van der Waals surface area contributed by atoms with Crippen LogP contribution in [-0.2, 0) is 19.1 Å². The standard InChI is InChI=1S/C30H27ClN2O8S/c1-3-5-14-40-28(36)19-8-6-18(7-9-19)24-13-11-21(41-24)16-25-27(35)33(30(38)42-25)17-26(34)32-20-10-12-23(31)22(15-20)29(37)39-4-2/h6-13,15-16H,3-5,14,17H2,1-2H3,(H,32,34)/b25-16+. The molecule has 1 aromatic heterocycles. The second-order valence-electron chi connectivity index (χ2n) is 9.00. The molecule has 0 radical (unpaired) electrons. The number of hydrogen-bond acceptors (Lipinski definition) is 9. The summed E-state index contributed by atoms with van der Waals surface area (Å²) >= 11 is 6.74. The number of carbonyl (C=O) groups excluding carboxylic acids is 5. The van der Waals surface area contributed by atoms with Crippen LogP contribution in [0.25, 0.3) is 17.4 Å². The van der Waals surface area contributed by atoms with Gasteiger partial charge in [-0.1, -0.05) is 37.1 Å². The van der Waals surface area contributed by atoms with E-state index in [2.05, 4.69) is 5.32 Å². The number of nitrogens with zero attached hydrogens (tertiary/aromatic N) is 1. The molecule has 4 rings (SSSR count). The van der Waals surface area contributed by atoms with Gasteiger partial charge in [-0.25, -0.2) is 9.59 Å². The number of hydrogen-bond donors (Lipinski definition) is 1. The zero-order chi connectivity index (χ0) is 30.2. The van der Waals surface area contributed by atoms with Crippen LogP contribution in [0.15, 0.2) is 63.9 Å². The summed E-state index contributed by atoms with van der Waals surface area (Å²) in [6.07, 6.45) is 3.16. The maximum Gasteiger partial charge on any atom is 0.339 e. The summed E-state index contributed by atoms with van der Waals surface area (Å²) in [5, 5.41) is 2.10. The predicted molar refractivity (Wildman–Crippen MR) is 158 cm³/mol. The summed E-state index contributed by atoms with van der Waals surface area (Å²) in [5.41, 5.74) is 1.45. The van der Waals surface area contributed by atoms with Gasteiger partial charge in [0.15, 0.2) is 0 Å². The number of nitrogens with one attached hydrogen (secondary N) is 1. The fraction of sp³-hybridized carbons (Fsp3) is 0.233. The molecule has 2 aromatic carbocycles. The molecular weight excluding hydrogens is 584 g/mol. The molecule has 0 aliphatic carbocycles. The smallest absolute Gasteiger partial charge is 0.339 e. The van der Waals surface area contributed by atoms with Crippen LogP contribution in [0.2, 0.25) is 5.02 Å². The number of esters is 2. The third kappa shape index (κ3) is 7.48. The number of unbranched alkanes of at least 4 members (excludes halogenated alkanes) is 1. The molecule has 3 amide bonds. The molecule has 0 atom stereocenters. The molecule has 12 heteroatoms. The Labute approximate surface area is 251 Å². The van der Waals surface area contributed by atoms with Gasteiger partial charge in [0.2, 0.25) is 5.91 Å². The third-order valence-electron chi connectivity index (χ3n) is 5.96. The summed E-state index contributed by atoms with van der Waals surface area (Å²) in [6, 6.07) is 14.4. The molecule has 10 nitrogen and oxygen atoms in total. The minimum absolute atomic E-state index is 0.0732. The Kier molecular flexibility index (Phi) is 10.2. The van der Waals surface area contributed by atoms with Crippen molar-refractivity contribution in [2.75, 3.05) is 25.1 Å². The fourth-order valence-corrected chi connectivity index (χ4v) is 4.84. The van der Waals surface area contributed by atoms with Gasteiger partial charge >= 0.3 is 11.9 Å². The van der Waals surface area contributed by atoms with Gasteiger partial charge in [0.25, 0.3) is 11.1 Å². The predicted octanol–water partition coefficient (Wildman–Crippen LogP) is 6.41. The van der Waals surface area contributed by atoms with E-state index >= 15 is 0 Å². The molecule has 0 unspecified atom stereocenters. The second-order valence-corrected chi connectivity index (χ2v) is 10.4. The Morgan fingerprint density at radius 1 is 1.00 bits per heavy atom. The van der Waals surface area contributed by atoms with Crippen molar-refractivity contribution >= 4 is 64.1 Å². The molecule has 1 aliphatic heterocycles. The van der Waals surface area contributed by atoms with Crippen molar-refractivity contribution in [2.24, 2.45) is 0 Å². The van der Waals surface area contributed by atoms with Crippen molar-refractivity contribution in [3.05, 3.63) is 81.4 Å². The number of anilines is 1. The molecular formula is C30H27ClN2O8S. The topological polar surface area (TPSA) is 132 Å². The van der Waals surface area contributed by atoms with Crippen LogP contribution in [0.5, 0.6) is 0 Å². The molecule has 2 heterocycles. The Morgan fingerprint density at radius 3 is 2.48 bits per heavy atom. The molecule has 0 saturated carbocycles. The first-order chi connectivity index (χ1) is 20.2. The monoisotopic (exact) mass is 610 g/mol. The molecule has 1 fully saturated rings. The van der Waals surface area contributed by atoms with Crippen molar-refractivity contribution < 1.29 is 37.9 Å². The Bertz CT molecular complexity index is 1550. The van der Waals surface area contributed by atoms with E-state index in [0.717, 1.165) is 17.7 Å². The zero-order valence-corrected chi connectivity index (χ0v) is 24.4. The number of benzene rings is 2. The Balaban J connectivity index is 1.38. The van der Waals surface area contributed by atoms with E-state index in [4.69, 9.17) is 25.5 Å². The first-order valence-corrected chi connectivity index (χ1v) is 14.3. The van der Waals surface area contributed by atoms with E-state index in [1.54, 1.807) is 43.3 Å². The highest BCUT2D eigenvalue weighted by atomic mass is 35.5. The highest BCUT2D eigenvalue weighted by Gasteiger charge is 2.36. The lowest BCUT2D eigenvalue weighted by Gasteiger charge is -2.13. The van der Waals surface area contributed by atoms with Gasteiger partial charge in [0.1, 0.15) is 18.1 Å². The molecule has 1 saturated heterocycles. The number of carbonyl (C=O) groups is 5. The summed E-state index contributed by atoms with van der Waals surface area (Å²) < 4.78 is 16.0. The molecule has 42 heavy (non-hydrogen) atoms. The lowest BCUT2D eigenvalue weighted by atomic mass is 10.1. The van der Waals surface area contributed by atoms with E-state index in [0.29, 0.717) is 41.0 Å². The summed E-state index contributed by atoms with van der Waals surface area (Å²) in [4.78, 5) is 63.2. The van der Waals surface area contributed by atoms with Crippen LogP contribution < -0.4 is 5.32 Å². The number of rotatable bonds is 11. The minimum Gasteiger partial charge on any atom is -0.462 e. The maximum atomic E-state index is 12.9. The van der Waals surface area contributed by atoms with Crippen LogP contribution in [0.1, 0.15) is 53.2 Å². The second kappa shape index (κ2) is 14.0. The maximum absolute atomic E-state index is 12.9. The van der Waals surface area contributed by atoms with Crippen LogP contribution in [0.4, 0.5) is 10.5 Å². The molecule has 218 valence electrons. The van der Waals surface area contributed by atoms with E-state index < -0.39 is 35.5 Å². The molecule has 0 bridgehead atoms. The van der Waals surface area contributed by atoms with Gasteiger partial charge < -0.3 is 19.2 Å². The van der Waals surface area contributed by atoms with Crippen LogP contribution in [0, 0.1) is 0 Å². The number of amides is 3. The van der Waals surface area contributed by atoms with Gasteiger partial charge in [-0.2, -0.15) is 0 Å². The van der Waals surface area contributed by atoms with Crippen molar-refractivity contribution in [3.63, 3.8) is 0 Å². The van der Waals surface area contributed by atoms with E-state index in [1.165, 1.54) is 24.3 Å². The van der Waals surface area contributed by atoms with Gasteiger partial charge in [-0.3, -0.25) is 19.3 Å². The molecule has 1 aliphatic rings. The number of furan rings is 1. The lowest BCUT2D eigenvalue weighted by molar-refractivity contribution is -0.127. The Morgan fingerprint density at radius 2 is 1.76 bits per heavy atom. The molecule has 3 aromatic rings. The quantitative estimate of drug-likeness (QED) is 0.149. The van der Waals surface area contributed by atoms with Crippen molar-refractivity contribution in [2.45, 2.75) is 26.7 Å². The van der Waals surface area contributed by atoms with Gasteiger partial charge in [-0.15, -0.1) is 0 Å². The highest BCUT2D eigenvalue weighted by molar-refractivity contribution is 8.18. The van der Waals surface area contributed by atoms with Crippen LogP contribution in [-0.4, -0.2) is 53.7 Å². The summed E-state index contributed by atoms with van der Waals surface area (Å²) in [7, 11) is 0. The molecule has 0 spiro atoms. The number of imide groups is 1. The largest absolute Gasteiger partial charge is 0.462 e. The summed E-state index contributed by atoms with van der Waals surface area (Å²) in [5.74, 6) is -1.50. The van der Waals surface area contributed by atoms with Crippen LogP contribution >= 0.6 is 23.4 Å². The number of ether oxygens (including phenoxy) is 2. The van der Waals surface area contributed by atoms with Gasteiger partial charge in [0, 0.05) is 17.3 Å². The average molecular weight is 611 g/mol. The van der Waals surface area contributed by atoms with Crippen molar-refractivity contribution in [1.29, 1.82) is 0 Å². The van der Waals surface area contributed by atoms with Crippen LogP contribution in [0.3, 0.4) is 0 Å². The lowest BCUT2D eigenvalue weighted by Crippen LogP contribution is -2.36. The summed E-state index contributed by atoms with van der Waals surface area (Å²) in [6.45, 7) is 3.66. The van der Waals surface area contributed by atoms with Crippen molar-refractivity contribution in [3.8, 4) is 11.3 Å². The zero-order valence-electron chi connectivity index (χ0n) is 22.8. The van der Waals surface area contributed by atoms with E-state index in [-0.39, 0.29) is 27.8 Å². The average Bonchev–Trinajstić information content (AvgIpc) is 3.54. The Hall–Kier alpha value is -4.35. The minimum atomic E-state index is -0.646. The number of halogens is 1.